The number of rotatable bonds is 20. The van der Waals surface area contributed by atoms with Gasteiger partial charge in [0.25, 0.3) is 0 Å². The van der Waals surface area contributed by atoms with Crippen molar-refractivity contribution in [2.45, 2.75) is 75.6 Å². The van der Waals surface area contributed by atoms with E-state index in [1.807, 2.05) is 0 Å². The summed E-state index contributed by atoms with van der Waals surface area (Å²) >= 11 is 1.25. The highest BCUT2D eigenvalue weighted by atomic mass is 32.1. The second-order valence-corrected chi connectivity index (χ2v) is 14.6. The number of ether oxygens (including phenoxy) is 1. The third-order valence-corrected chi connectivity index (χ3v) is 9.73. The van der Waals surface area contributed by atoms with Crippen molar-refractivity contribution in [3.63, 3.8) is 0 Å². The van der Waals surface area contributed by atoms with Gasteiger partial charge in [-0.1, -0.05) is 38.0 Å². The number of thiazole rings is 1. The second kappa shape index (κ2) is 24.2. The molecule has 0 spiro atoms. The van der Waals surface area contributed by atoms with Gasteiger partial charge in [0.15, 0.2) is 6.79 Å². The summed E-state index contributed by atoms with van der Waals surface area (Å²) in [5.74, 6) is -4.37. The van der Waals surface area contributed by atoms with Crippen molar-refractivity contribution in [2.24, 2.45) is 22.9 Å². The number of hydrogen-bond donors (Lipinski definition) is 8. The van der Waals surface area contributed by atoms with E-state index in [9.17, 15) is 28.3 Å². The molecule has 18 nitrogen and oxygen atoms in total. The van der Waals surface area contributed by atoms with Gasteiger partial charge in [-0.2, -0.15) is 10.4 Å². The highest BCUT2D eigenvalue weighted by Gasteiger charge is 2.45. The summed E-state index contributed by atoms with van der Waals surface area (Å²) in [5.41, 5.74) is 20.9. The molecule has 2 aromatic carbocycles. The summed E-state index contributed by atoms with van der Waals surface area (Å²) in [4.78, 5) is 47.2. The maximum absolute atomic E-state index is 15.2. The molecular formula is C35H48F2N9O9PS. The number of nitrogens with two attached hydrogens (primary N) is 4. The first kappa shape index (κ1) is 48.6. The van der Waals surface area contributed by atoms with Crippen LogP contribution in [0.3, 0.4) is 0 Å². The lowest BCUT2D eigenvalue weighted by Gasteiger charge is -2.38. The number of unbranched alkanes of at least 4 members (excludes halogenated alkanes) is 2. The lowest BCUT2D eigenvalue weighted by Crippen LogP contribution is -2.41. The Labute approximate surface area is 331 Å². The first-order chi connectivity index (χ1) is 27.0. The van der Waals surface area contributed by atoms with Crippen LogP contribution in [-0.2, 0) is 35.6 Å². The van der Waals surface area contributed by atoms with Crippen LogP contribution in [0, 0.1) is 23.0 Å². The van der Waals surface area contributed by atoms with E-state index in [2.05, 4.69) is 25.7 Å². The fourth-order valence-corrected chi connectivity index (χ4v) is 6.25. The van der Waals surface area contributed by atoms with E-state index in [0.717, 1.165) is 37.3 Å². The van der Waals surface area contributed by atoms with E-state index >= 15 is 4.39 Å². The van der Waals surface area contributed by atoms with E-state index in [4.69, 9.17) is 43.1 Å². The van der Waals surface area contributed by atoms with Gasteiger partial charge in [0.1, 0.15) is 42.0 Å². The van der Waals surface area contributed by atoms with Crippen molar-refractivity contribution in [2.75, 3.05) is 19.9 Å². The number of aromatic nitrogens is 4. The van der Waals surface area contributed by atoms with Crippen molar-refractivity contribution in [3.05, 3.63) is 88.3 Å². The SMILES string of the molecule is C[C@@H](c1n[14c](-c2ccc(C#N)cc2)cs1)[C@@](Cn1cncn1)(OCOP(=O)(O)O)c1ccc(F)cc1F.NCCCC[C@H](N)C(=O)O.NCCCC[C@H](N)C(=O)O. The van der Waals surface area contributed by atoms with Crippen LogP contribution in [0.1, 0.15) is 67.5 Å². The van der Waals surface area contributed by atoms with Gasteiger partial charge in [-0.15, -0.1) is 11.3 Å². The van der Waals surface area contributed by atoms with Gasteiger partial charge in [0, 0.05) is 28.5 Å². The van der Waals surface area contributed by atoms with E-state index in [1.165, 1.54) is 34.7 Å². The Bertz CT molecular complexity index is 1890. The molecule has 2 heterocycles. The molecule has 57 heavy (non-hydrogen) atoms. The van der Waals surface area contributed by atoms with E-state index in [0.29, 0.717) is 48.3 Å². The summed E-state index contributed by atoms with van der Waals surface area (Å²) in [5, 5.41) is 32.0. The fraction of sp³-hybridized carbons (Fsp3) is 0.429. The zero-order valence-corrected chi connectivity index (χ0v) is 32.8. The molecule has 0 unspecified atom stereocenters. The minimum absolute atomic E-state index is 0.0960. The minimum atomic E-state index is -4.93. The van der Waals surface area contributed by atoms with Gasteiger partial charge in [0.2, 0.25) is 0 Å². The molecule has 2 aromatic heterocycles. The zero-order chi connectivity index (χ0) is 42.6. The predicted octanol–water partition coefficient (Wildman–Crippen LogP) is 3.39. The van der Waals surface area contributed by atoms with Crippen LogP contribution < -0.4 is 22.9 Å². The van der Waals surface area contributed by atoms with Gasteiger partial charge in [0.05, 0.1) is 28.9 Å². The Morgan fingerprint density at radius 1 is 1.02 bits per heavy atom. The first-order valence-corrected chi connectivity index (χ1v) is 19.8. The maximum Gasteiger partial charge on any atom is 0.471 e. The molecule has 12 N–H and O–H groups in total. The quantitative estimate of drug-likeness (QED) is 0.0359. The molecule has 0 aliphatic heterocycles. The second-order valence-electron chi connectivity index (χ2n) is 12.4. The number of benzene rings is 2. The van der Waals surface area contributed by atoms with Gasteiger partial charge < -0.3 is 47.7 Å². The molecule has 0 radical (unpaired) electrons. The van der Waals surface area contributed by atoms with Crippen LogP contribution in [-0.4, -0.2) is 83.7 Å². The number of halogens is 2. The standard InChI is InChI=1S/C23H20F2N5O5PS.2C6H14N2O2/c1-15(22-29-21(10-37-22)17-4-2-16(9-26)3-5-17)23(11-30-13-27-12-28-30,34-14-35-36(31,32)33)19-7-6-18(24)8-20(19)25;2*7-4-2-1-3-5(8)6(9)10/h2-8,10,12-13,15H,11,14H2,1H3,(H2,31,32,33);2*5H,1-4,7-8H2,(H,9,10)/t15-,23+;2*5-/m000/s1/i21+2;;. The highest BCUT2D eigenvalue weighted by molar-refractivity contribution is 7.46. The maximum atomic E-state index is 15.2. The Kier molecular flexibility index (Phi) is 20.7. The zero-order valence-electron chi connectivity index (χ0n) is 31.1. The molecule has 0 bridgehead atoms. The summed E-state index contributed by atoms with van der Waals surface area (Å²) < 4.78 is 52.2. The lowest BCUT2D eigenvalue weighted by atomic mass is 9.81. The normalized spacial score (nSPS) is 13.8. The minimum Gasteiger partial charge on any atom is -0.480 e. The van der Waals surface area contributed by atoms with Gasteiger partial charge >= 0.3 is 19.8 Å². The number of nitrogens with zero attached hydrogens (tertiary/aromatic N) is 5. The molecule has 0 aliphatic rings. The topological polar surface area (TPSA) is 322 Å². The van der Waals surface area contributed by atoms with Crippen LogP contribution in [0.15, 0.2) is 60.5 Å². The monoisotopic (exact) mass is 841 g/mol. The average Bonchev–Trinajstić information content (AvgIpc) is 3.87. The molecule has 0 amide bonds. The Hall–Kier alpha value is -4.59. The fourth-order valence-electron chi connectivity index (χ4n) is 5.09. The highest BCUT2D eigenvalue weighted by Crippen LogP contribution is 2.46. The number of hydrogen-bond acceptors (Lipinski definition) is 14. The Morgan fingerprint density at radius 3 is 2.09 bits per heavy atom. The Morgan fingerprint density at radius 2 is 1.61 bits per heavy atom. The smallest absolute Gasteiger partial charge is 0.471 e. The summed E-state index contributed by atoms with van der Waals surface area (Å²) in [6, 6.07) is 10.4. The molecule has 4 atom stereocenters. The molecule has 4 aromatic rings. The molecule has 0 aliphatic carbocycles. The van der Waals surface area contributed by atoms with Crippen molar-refractivity contribution in [3.8, 4) is 17.3 Å². The van der Waals surface area contributed by atoms with Crippen LogP contribution in [0.25, 0.3) is 11.3 Å². The van der Waals surface area contributed by atoms with E-state index in [1.54, 1.807) is 36.6 Å². The predicted molar refractivity (Wildman–Crippen MR) is 205 cm³/mol. The third kappa shape index (κ3) is 16.4. The van der Waals surface area contributed by atoms with E-state index in [-0.39, 0.29) is 12.1 Å². The van der Waals surface area contributed by atoms with Crippen molar-refractivity contribution in [1.82, 2.24) is 19.7 Å². The molecule has 4 rings (SSSR count). The number of carboxylic acids is 2. The summed E-state index contributed by atoms with van der Waals surface area (Å²) in [6.07, 6.45) is 6.95. The number of aliphatic carboxylic acids is 2. The third-order valence-electron chi connectivity index (χ3n) is 8.26. The summed E-state index contributed by atoms with van der Waals surface area (Å²) in [7, 11) is -4.93. The van der Waals surface area contributed by atoms with Crippen LogP contribution in [0.5, 0.6) is 0 Å². The van der Waals surface area contributed by atoms with Crippen LogP contribution in [0.4, 0.5) is 8.78 Å². The number of phosphoric acid groups is 1. The molecule has 312 valence electrons. The van der Waals surface area contributed by atoms with Crippen LogP contribution in [0.2, 0.25) is 0 Å². The van der Waals surface area contributed by atoms with Crippen molar-refractivity contribution < 1.29 is 52.2 Å². The van der Waals surface area contributed by atoms with Crippen molar-refractivity contribution >= 4 is 31.1 Å². The molecule has 0 saturated heterocycles. The van der Waals surface area contributed by atoms with Crippen LogP contribution >= 0.6 is 19.2 Å². The molecule has 0 saturated carbocycles. The van der Waals surface area contributed by atoms with E-state index < -0.39 is 61.8 Å². The van der Waals surface area contributed by atoms with Gasteiger partial charge in [-0.25, -0.2) is 28.0 Å². The average molecular weight is 842 g/mol. The number of carbonyl (C=O) groups is 2. The van der Waals surface area contributed by atoms with Gasteiger partial charge in [-0.05, 0) is 57.0 Å². The number of phosphoric ester groups is 1. The summed E-state index contributed by atoms with van der Waals surface area (Å²) in [6.45, 7) is 1.82. The number of nitriles is 1. The molecule has 0 fully saturated rings. The molecule has 22 heteroatoms. The largest absolute Gasteiger partial charge is 0.480 e. The number of carboxylic acid groups (broad SMARTS) is 2. The first-order valence-electron chi connectivity index (χ1n) is 17.4. The van der Waals surface area contributed by atoms with Gasteiger partial charge in [-0.3, -0.25) is 14.1 Å². The Balaban J connectivity index is 0.000000461. The van der Waals surface area contributed by atoms with Crippen molar-refractivity contribution in [1.29, 1.82) is 5.26 Å². The molecular weight excluding hydrogens is 793 g/mol. The lowest BCUT2D eigenvalue weighted by molar-refractivity contribution is -0.141.